The minimum atomic E-state index is 0.0523. The number of rotatable bonds is 3. The molecule has 1 aliphatic heterocycles. The smallest absolute Gasteiger partial charge is 0.273 e. The zero-order valence-corrected chi connectivity index (χ0v) is 9.70. The predicted octanol–water partition coefficient (Wildman–Crippen LogP) is 0.797. The van der Waals surface area contributed by atoms with Crippen molar-refractivity contribution in [2.24, 2.45) is 13.0 Å². The Morgan fingerprint density at radius 1 is 1.50 bits per heavy atom. The molecule has 1 fully saturated rings. The lowest BCUT2D eigenvalue weighted by atomic mass is 9.98. The van der Waals surface area contributed by atoms with Crippen molar-refractivity contribution < 1.29 is 0 Å². The zero-order chi connectivity index (χ0) is 11.4. The van der Waals surface area contributed by atoms with E-state index in [0.29, 0.717) is 11.6 Å². The SMILES string of the molecule is Cn1cccc(NCC2CCNCC2)c1=O. The largest absolute Gasteiger partial charge is 0.380 e. The van der Waals surface area contributed by atoms with Crippen LogP contribution in [0, 0.1) is 5.92 Å². The van der Waals surface area contributed by atoms with Crippen molar-refractivity contribution >= 4 is 5.69 Å². The summed E-state index contributed by atoms with van der Waals surface area (Å²) in [5.74, 6) is 0.686. The molecule has 0 amide bonds. The highest BCUT2D eigenvalue weighted by Crippen LogP contribution is 2.11. The molecule has 0 aliphatic carbocycles. The number of anilines is 1. The minimum Gasteiger partial charge on any atom is -0.380 e. The Hall–Kier alpha value is -1.29. The number of hydrogen-bond donors (Lipinski definition) is 2. The standard InChI is InChI=1S/C12H19N3O/c1-15-8-2-3-11(12(15)16)14-9-10-4-6-13-7-5-10/h2-3,8,10,13-14H,4-7,9H2,1H3. The fourth-order valence-corrected chi connectivity index (χ4v) is 2.07. The van der Waals surface area contributed by atoms with E-state index in [4.69, 9.17) is 0 Å². The van der Waals surface area contributed by atoms with E-state index in [1.165, 1.54) is 12.8 Å². The number of aryl methyl sites for hydroxylation is 1. The number of piperidine rings is 1. The number of aromatic nitrogens is 1. The summed E-state index contributed by atoms with van der Waals surface area (Å²) in [6, 6.07) is 3.75. The van der Waals surface area contributed by atoms with E-state index in [2.05, 4.69) is 10.6 Å². The second-order valence-corrected chi connectivity index (χ2v) is 4.41. The van der Waals surface area contributed by atoms with E-state index >= 15 is 0 Å². The van der Waals surface area contributed by atoms with E-state index in [1.807, 2.05) is 12.1 Å². The van der Waals surface area contributed by atoms with Crippen LogP contribution in [0.5, 0.6) is 0 Å². The first kappa shape index (κ1) is 11.2. The van der Waals surface area contributed by atoms with Gasteiger partial charge in [-0.1, -0.05) is 0 Å². The second-order valence-electron chi connectivity index (χ2n) is 4.41. The molecule has 1 saturated heterocycles. The molecule has 0 saturated carbocycles. The van der Waals surface area contributed by atoms with Gasteiger partial charge in [0.05, 0.1) is 0 Å². The third-order valence-electron chi connectivity index (χ3n) is 3.16. The van der Waals surface area contributed by atoms with Gasteiger partial charge in [-0.25, -0.2) is 0 Å². The molecular weight excluding hydrogens is 202 g/mol. The highest BCUT2D eigenvalue weighted by Gasteiger charge is 2.12. The van der Waals surface area contributed by atoms with Crippen LogP contribution in [-0.4, -0.2) is 24.2 Å². The summed E-state index contributed by atoms with van der Waals surface area (Å²) in [5.41, 5.74) is 0.764. The summed E-state index contributed by atoms with van der Waals surface area (Å²) in [7, 11) is 1.78. The van der Waals surface area contributed by atoms with Crippen LogP contribution >= 0.6 is 0 Å². The van der Waals surface area contributed by atoms with Gasteiger partial charge in [-0.3, -0.25) is 4.79 Å². The van der Waals surface area contributed by atoms with Crippen molar-refractivity contribution in [3.63, 3.8) is 0 Å². The quantitative estimate of drug-likeness (QED) is 0.793. The third-order valence-corrected chi connectivity index (χ3v) is 3.16. The maximum Gasteiger partial charge on any atom is 0.273 e. The van der Waals surface area contributed by atoms with Gasteiger partial charge in [0.15, 0.2) is 0 Å². The van der Waals surface area contributed by atoms with Crippen LogP contribution in [0.3, 0.4) is 0 Å². The zero-order valence-electron chi connectivity index (χ0n) is 9.70. The lowest BCUT2D eigenvalue weighted by Gasteiger charge is -2.23. The van der Waals surface area contributed by atoms with Gasteiger partial charge in [0, 0.05) is 19.8 Å². The lowest BCUT2D eigenvalue weighted by Crippen LogP contribution is -2.32. The Bertz CT molecular complexity index is 393. The monoisotopic (exact) mass is 221 g/mol. The molecule has 0 unspecified atom stereocenters. The van der Waals surface area contributed by atoms with Gasteiger partial charge < -0.3 is 15.2 Å². The predicted molar refractivity (Wildman–Crippen MR) is 65.8 cm³/mol. The average molecular weight is 221 g/mol. The van der Waals surface area contributed by atoms with Crippen LogP contribution in [0.2, 0.25) is 0 Å². The summed E-state index contributed by atoms with van der Waals surface area (Å²) in [6.45, 7) is 3.10. The second kappa shape index (κ2) is 5.16. The number of nitrogens with one attached hydrogen (secondary N) is 2. The fraction of sp³-hybridized carbons (Fsp3) is 0.583. The van der Waals surface area contributed by atoms with E-state index in [-0.39, 0.29) is 5.56 Å². The first-order valence-electron chi connectivity index (χ1n) is 5.87. The van der Waals surface area contributed by atoms with Crippen LogP contribution in [0.4, 0.5) is 5.69 Å². The van der Waals surface area contributed by atoms with Crippen LogP contribution in [-0.2, 0) is 7.05 Å². The van der Waals surface area contributed by atoms with E-state index in [0.717, 1.165) is 19.6 Å². The molecule has 2 N–H and O–H groups in total. The fourth-order valence-electron chi connectivity index (χ4n) is 2.07. The van der Waals surface area contributed by atoms with Crippen molar-refractivity contribution in [2.45, 2.75) is 12.8 Å². The van der Waals surface area contributed by atoms with Gasteiger partial charge in [0.1, 0.15) is 5.69 Å². The highest BCUT2D eigenvalue weighted by molar-refractivity contribution is 5.40. The molecule has 0 bridgehead atoms. The van der Waals surface area contributed by atoms with Crippen molar-refractivity contribution in [3.05, 3.63) is 28.7 Å². The highest BCUT2D eigenvalue weighted by atomic mass is 16.1. The molecule has 1 aromatic rings. The third kappa shape index (κ3) is 2.64. The van der Waals surface area contributed by atoms with Gasteiger partial charge in [-0.15, -0.1) is 0 Å². The van der Waals surface area contributed by atoms with Gasteiger partial charge in [-0.2, -0.15) is 0 Å². The summed E-state index contributed by atoms with van der Waals surface area (Å²) < 4.78 is 1.60. The molecule has 0 radical (unpaired) electrons. The Balaban J connectivity index is 1.94. The molecule has 16 heavy (non-hydrogen) atoms. The molecule has 2 rings (SSSR count). The Labute approximate surface area is 95.7 Å². The molecule has 1 aliphatic rings. The minimum absolute atomic E-state index is 0.0523. The molecule has 4 nitrogen and oxygen atoms in total. The first-order valence-corrected chi connectivity index (χ1v) is 5.87. The van der Waals surface area contributed by atoms with Crippen molar-refractivity contribution in [3.8, 4) is 0 Å². The van der Waals surface area contributed by atoms with E-state index in [9.17, 15) is 4.79 Å². The molecule has 0 atom stereocenters. The molecular formula is C12H19N3O. The van der Waals surface area contributed by atoms with Crippen LogP contribution in [0.15, 0.2) is 23.1 Å². The van der Waals surface area contributed by atoms with Gasteiger partial charge in [-0.05, 0) is 44.0 Å². The van der Waals surface area contributed by atoms with Crippen LogP contribution < -0.4 is 16.2 Å². The van der Waals surface area contributed by atoms with Crippen molar-refractivity contribution in [2.75, 3.05) is 25.0 Å². The summed E-state index contributed by atoms with van der Waals surface area (Å²) in [6.07, 6.45) is 4.17. The summed E-state index contributed by atoms with van der Waals surface area (Å²) >= 11 is 0. The molecule has 0 spiro atoms. The molecule has 1 aromatic heterocycles. The van der Waals surface area contributed by atoms with E-state index in [1.54, 1.807) is 17.8 Å². The van der Waals surface area contributed by atoms with Gasteiger partial charge >= 0.3 is 0 Å². The normalized spacial score (nSPS) is 17.3. The number of nitrogens with zero attached hydrogens (tertiary/aromatic N) is 1. The van der Waals surface area contributed by atoms with E-state index < -0.39 is 0 Å². The van der Waals surface area contributed by atoms with Gasteiger partial charge in [0.2, 0.25) is 0 Å². The molecule has 0 aromatic carbocycles. The Kier molecular flexibility index (Phi) is 3.62. The summed E-state index contributed by atoms with van der Waals surface area (Å²) in [5, 5.41) is 6.60. The summed E-state index contributed by atoms with van der Waals surface area (Å²) in [4.78, 5) is 11.7. The van der Waals surface area contributed by atoms with Crippen LogP contribution in [0.25, 0.3) is 0 Å². The van der Waals surface area contributed by atoms with Crippen molar-refractivity contribution in [1.29, 1.82) is 0 Å². The molecule has 4 heteroatoms. The lowest BCUT2D eigenvalue weighted by molar-refractivity contribution is 0.390. The number of pyridine rings is 1. The maximum absolute atomic E-state index is 11.7. The maximum atomic E-state index is 11.7. The van der Waals surface area contributed by atoms with Crippen LogP contribution in [0.1, 0.15) is 12.8 Å². The average Bonchev–Trinajstić information content (AvgIpc) is 2.32. The van der Waals surface area contributed by atoms with Gasteiger partial charge in [0.25, 0.3) is 5.56 Å². The first-order chi connectivity index (χ1) is 7.77. The Morgan fingerprint density at radius 2 is 2.25 bits per heavy atom. The molecule has 88 valence electrons. The topological polar surface area (TPSA) is 46.1 Å². The molecule has 2 heterocycles. The number of hydrogen-bond acceptors (Lipinski definition) is 3. The Morgan fingerprint density at radius 3 is 3.00 bits per heavy atom. The van der Waals surface area contributed by atoms with Crippen molar-refractivity contribution in [1.82, 2.24) is 9.88 Å².